The summed E-state index contributed by atoms with van der Waals surface area (Å²) in [6.07, 6.45) is 3.46. The zero-order valence-electron chi connectivity index (χ0n) is 18.1. The van der Waals surface area contributed by atoms with Crippen molar-refractivity contribution in [1.29, 1.82) is 0 Å². The number of nitrogens with one attached hydrogen (secondary N) is 1. The highest BCUT2D eigenvalue weighted by Gasteiger charge is 2.43. The van der Waals surface area contributed by atoms with E-state index in [9.17, 15) is 14.7 Å². The Morgan fingerprint density at radius 2 is 1.73 bits per heavy atom. The van der Waals surface area contributed by atoms with Crippen LogP contribution >= 0.6 is 0 Å². The van der Waals surface area contributed by atoms with Crippen molar-refractivity contribution >= 4 is 17.5 Å². The lowest BCUT2D eigenvalue weighted by atomic mass is 10.0. The minimum atomic E-state index is -0.243. The number of aliphatic hydroxyl groups is 1. The van der Waals surface area contributed by atoms with Gasteiger partial charge in [0.25, 0.3) is 11.8 Å². The first-order chi connectivity index (χ1) is 14.2. The van der Waals surface area contributed by atoms with E-state index in [1.165, 1.54) is 0 Å². The number of aryl methyl sites for hydroxylation is 3. The number of aliphatic hydroxyl groups excluding tert-OH is 1. The number of carbonyl (C=O) groups excluding carboxylic acids is 2. The smallest absolute Gasteiger partial charge is 0.259 e. The van der Waals surface area contributed by atoms with Gasteiger partial charge in [-0.05, 0) is 82.1 Å². The molecule has 2 saturated carbocycles. The van der Waals surface area contributed by atoms with Gasteiger partial charge in [-0.2, -0.15) is 0 Å². The number of anilines is 1. The third-order valence-electron chi connectivity index (χ3n) is 6.85. The Morgan fingerprint density at radius 3 is 2.33 bits per heavy atom. The molecule has 0 saturated heterocycles. The first kappa shape index (κ1) is 20.7. The van der Waals surface area contributed by atoms with Gasteiger partial charge in [-0.25, -0.2) is 0 Å². The molecule has 2 aliphatic carbocycles. The molecule has 2 amide bonds. The molecule has 160 valence electrons. The summed E-state index contributed by atoms with van der Waals surface area (Å²) in [5, 5.41) is 12.8. The third kappa shape index (κ3) is 3.88. The molecular weight excluding hydrogens is 380 g/mol. The predicted molar refractivity (Wildman–Crippen MR) is 115 cm³/mol. The monoisotopic (exact) mass is 410 g/mol. The van der Waals surface area contributed by atoms with E-state index in [0.29, 0.717) is 40.2 Å². The summed E-state index contributed by atoms with van der Waals surface area (Å²) in [5.74, 6) is 2.03. The van der Waals surface area contributed by atoms with E-state index >= 15 is 0 Å². The number of fused-ring (bicyclic) bond motifs is 1. The highest BCUT2D eigenvalue weighted by molar-refractivity contribution is 6.06. The van der Waals surface area contributed by atoms with Crippen LogP contribution in [0.1, 0.15) is 63.5 Å². The summed E-state index contributed by atoms with van der Waals surface area (Å²) in [4.78, 5) is 27.7. The molecule has 0 spiro atoms. The molecule has 0 radical (unpaired) electrons. The fourth-order valence-corrected chi connectivity index (χ4v) is 5.17. The summed E-state index contributed by atoms with van der Waals surface area (Å²) < 4.78 is 5.45. The fourth-order valence-electron chi connectivity index (χ4n) is 5.17. The van der Waals surface area contributed by atoms with Crippen LogP contribution in [0.15, 0.2) is 28.7 Å². The second-order valence-electron chi connectivity index (χ2n) is 9.00. The van der Waals surface area contributed by atoms with E-state index in [1.54, 1.807) is 19.1 Å². The predicted octanol–water partition coefficient (Wildman–Crippen LogP) is 4.08. The Balaban J connectivity index is 1.48. The average molecular weight is 411 g/mol. The largest absolute Gasteiger partial charge is 0.466 e. The number of carbonyl (C=O) groups is 2. The third-order valence-corrected chi connectivity index (χ3v) is 6.85. The van der Waals surface area contributed by atoms with E-state index in [-0.39, 0.29) is 24.0 Å². The van der Waals surface area contributed by atoms with Crippen molar-refractivity contribution in [2.45, 2.75) is 58.6 Å². The Bertz CT molecular complexity index is 966. The summed E-state index contributed by atoms with van der Waals surface area (Å²) in [7, 11) is 1.86. The van der Waals surface area contributed by atoms with Crippen molar-refractivity contribution in [2.75, 3.05) is 12.4 Å². The average Bonchev–Trinajstić information content (AvgIpc) is 3.34. The molecule has 4 rings (SSSR count). The fraction of sp³-hybridized carbons (Fsp3) is 0.500. The molecule has 6 nitrogen and oxygen atoms in total. The summed E-state index contributed by atoms with van der Waals surface area (Å²) in [5.41, 5.74) is 2.59. The lowest BCUT2D eigenvalue weighted by Gasteiger charge is -2.26. The van der Waals surface area contributed by atoms with Crippen LogP contribution in [0.2, 0.25) is 0 Å². The van der Waals surface area contributed by atoms with Crippen molar-refractivity contribution in [3.63, 3.8) is 0 Å². The number of hydrogen-bond acceptors (Lipinski definition) is 4. The molecule has 6 heteroatoms. The van der Waals surface area contributed by atoms with Crippen molar-refractivity contribution in [2.24, 2.45) is 11.8 Å². The van der Waals surface area contributed by atoms with Gasteiger partial charge < -0.3 is 19.7 Å². The zero-order chi connectivity index (χ0) is 21.6. The highest BCUT2D eigenvalue weighted by Crippen LogP contribution is 2.45. The molecule has 2 aliphatic rings. The van der Waals surface area contributed by atoms with E-state index in [1.807, 2.05) is 37.9 Å². The molecule has 0 aliphatic heterocycles. The normalized spacial score (nSPS) is 25.2. The Hall–Kier alpha value is -2.60. The van der Waals surface area contributed by atoms with Gasteiger partial charge in [0.1, 0.15) is 11.5 Å². The van der Waals surface area contributed by atoms with Gasteiger partial charge >= 0.3 is 0 Å². The Morgan fingerprint density at radius 1 is 1.07 bits per heavy atom. The number of benzene rings is 1. The molecular formula is C24H30N2O4. The van der Waals surface area contributed by atoms with Crippen LogP contribution in [0.25, 0.3) is 0 Å². The van der Waals surface area contributed by atoms with Crippen molar-refractivity contribution in [3.05, 3.63) is 52.5 Å². The minimum absolute atomic E-state index is 0.0358. The SMILES string of the molecule is Cc1cc(C(=O)Nc2cc(C(=O)N(C)C3C[C@H]4CC(O)C[C@H]4C3)ccc2C)c(C)o1. The van der Waals surface area contributed by atoms with Crippen molar-refractivity contribution < 1.29 is 19.1 Å². The van der Waals surface area contributed by atoms with Crippen LogP contribution < -0.4 is 5.32 Å². The van der Waals surface area contributed by atoms with Crippen LogP contribution in [0.5, 0.6) is 0 Å². The summed E-state index contributed by atoms with van der Waals surface area (Å²) in [6, 6.07) is 7.36. The van der Waals surface area contributed by atoms with Crippen molar-refractivity contribution in [1.82, 2.24) is 4.90 Å². The van der Waals surface area contributed by atoms with Crippen molar-refractivity contribution in [3.8, 4) is 0 Å². The first-order valence-corrected chi connectivity index (χ1v) is 10.7. The lowest BCUT2D eigenvalue weighted by molar-refractivity contribution is 0.0722. The van der Waals surface area contributed by atoms with Gasteiger partial charge in [0.2, 0.25) is 0 Å². The van der Waals surface area contributed by atoms with Gasteiger partial charge in [-0.1, -0.05) is 6.07 Å². The molecule has 2 unspecified atom stereocenters. The molecule has 4 atom stereocenters. The number of rotatable bonds is 4. The van der Waals surface area contributed by atoms with Gasteiger partial charge in [0, 0.05) is 24.3 Å². The summed E-state index contributed by atoms with van der Waals surface area (Å²) in [6.45, 7) is 5.48. The molecule has 1 aromatic carbocycles. The van der Waals surface area contributed by atoms with Crippen LogP contribution in [0.4, 0.5) is 5.69 Å². The maximum atomic E-state index is 13.1. The van der Waals surface area contributed by atoms with E-state index < -0.39 is 0 Å². The van der Waals surface area contributed by atoms with Gasteiger partial charge in [-0.15, -0.1) is 0 Å². The number of nitrogens with zero attached hydrogens (tertiary/aromatic N) is 1. The summed E-state index contributed by atoms with van der Waals surface area (Å²) >= 11 is 0. The molecule has 30 heavy (non-hydrogen) atoms. The van der Waals surface area contributed by atoms with E-state index in [2.05, 4.69) is 5.32 Å². The molecule has 1 aromatic heterocycles. The molecule has 2 fully saturated rings. The van der Waals surface area contributed by atoms with E-state index in [0.717, 1.165) is 31.2 Å². The first-order valence-electron chi connectivity index (χ1n) is 10.7. The van der Waals surface area contributed by atoms with Gasteiger partial charge in [-0.3, -0.25) is 9.59 Å². The molecule has 2 aromatic rings. The van der Waals surface area contributed by atoms with Crippen LogP contribution in [-0.2, 0) is 0 Å². The standard InChI is InChI=1S/C24H30N2O4/c1-13-5-6-16(12-22(13)25-23(28)21-7-14(2)30-15(21)3)24(29)26(4)19-8-17-10-20(27)11-18(17)9-19/h5-7,12,17-20,27H,8-11H2,1-4H3,(H,25,28)/t17-,18+,19?,20?. The maximum Gasteiger partial charge on any atom is 0.259 e. The molecule has 1 heterocycles. The van der Waals surface area contributed by atoms with Crippen LogP contribution in [0, 0.1) is 32.6 Å². The second-order valence-corrected chi connectivity index (χ2v) is 9.00. The van der Waals surface area contributed by atoms with Gasteiger partial charge in [0.15, 0.2) is 0 Å². The second kappa shape index (κ2) is 7.91. The zero-order valence-corrected chi connectivity index (χ0v) is 18.1. The minimum Gasteiger partial charge on any atom is -0.466 e. The molecule has 2 N–H and O–H groups in total. The Kier molecular flexibility index (Phi) is 5.45. The lowest BCUT2D eigenvalue weighted by Crippen LogP contribution is -2.36. The Labute approximate surface area is 177 Å². The van der Waals surface area contributed by atoms with E-state index in [4.69, 9.17) is 4.42 Å². The number of amides is 2. The number of hydrogen-bond donors (Lipinski definition) is 2. The van der Waals surface area contributed by atoms with Gasteiger partial charge in [0.05, 0.1) is 11.7 Å². The quantitative estimate of drug-likeness (QED) is 0.796. The highest BCUT2D eigenvalue weighted by atomic mass is 16.3. The van der Waals surface area contributed by atoms with Crippen LogP contribution in [0.3, 0.4) is 0 Å². The van der Waals surface area contributed by atoms with Crippen LogP contribution in [-0.4, -0.2) is 41.0 Å². The topological polar surface area (TPSA) is 82.8 Å². The maximum absolute atomic E-state index is 13.1. The number of furan rings is 1. The molecule has 0 bridgehead atoms.